The number of piperidine rings is 1. The molecule has 122 valence electrons. The monoisotopic (exact) mass is 325 g/mol. The van der Waals surface area contributed by atoms with Crippen molar-refractivity contribution in [3.63, 3.8) is 0 Å². The molecule has 2 atom stereocenters. The van der Waals surface area contributed by atoms with E-state index in [2.05, 4.69) is 15.6 Å². The van der Waals surface area contributed by atoms with Crippen molar-refractivity contribution in [1.29, 1.82) is 0 Å². The molecule has 1 amide bonds. The third-order valence-corrected chi connectivity index (χ3v) is 5.43. The van der Waals surface area contributed by atoms with Gasteiger partial charge in [0, 0.05) is 13.1 Å². The van der Waals surface area contributed by atoms with Crippen molar-refractivity contribution < 1.29 is 4.79 Å². The van der Waals surface area contributed by atoms with Crippen molar-refractivity contribution in [2.24, 2.45) is 11.8 Å². The van der Waals surface area contributed by atoms with Gasteiger partial charge < -0.3 is 10.2 Å². The van der Waals surface area contributed by atoms with Crippen LogP contribution in [-0.4, -0.2) is 52.0 Å². The molecular formula is C15H24ClN5O. The molecule has 1 aromatic rings. The van der Waals surface area contributed by atoms with Crippen LogP contribution >= 0.6 is 12.4 Å². The van der Waals surface area contributed by atoms with Gasteiger partial charge in [0.25, 0.3) is 5.91 Å². The molecular weight excluding hydrogens is 302 g/mol. The normalized spacial score (nSPS) is 28.5. The van der Waals surface area contributed by atoms with Crippen LogP contribution in [0.25, 0.3) is 0 Å². The number of carbonyl (C=O) groups excluding carboxylic acids is 1. The van der Waals surface area contributed by atoms with Crippen molar-refractivity contribution in [1.82, 2.24) is 25.2 Å². The van der Waals surface area contributed by atoms with Crippen LogP contribution in [0.1, 0.15) is 48.6 Å². The van der Waals surface area contributed by atoms with Crippen LogP contribution in [0.15, 0.2) is 6.20 Å². The van der Waals surface area contributed by atoms with Gasteiger partial charge in [-0.3, -0.25) is 4.79 Å². The highest BCUT2D eigenvalue weighted by atomic mass is 35.5. The molecule has 2 unspecified atom stereocenters. The Balaban J connectivity index is 0.00000144. The van der Waals surface area contributed by atoms with E-state index in [0.717, 1.165) is 50.9 Å². The Hall–Kier alpha value is -1.14. The van der Waals surface area contributed by atoms with Crippen molar-refractivity contribution >= 4 is 18.3 Å². The topological polar surface area (TPSA) is 63.1 Å². The quantitative estimate of drug-likeness (QED) is 0.895. The maximum atomic E-state index is 12.6. The molecule has 1 saturated carbocycles. The summed E-state index contributed by atoms with van der Waals surface area (Å²) < 4.78 is 1.89. The standard InChI is InChI=1S/C15H23N5O.ClH/c21-15(19-8-11-2-1-3-12(11)9-19)14-10-20(18-17-14)13-4-6-16-7-5-13;/h10-13,16H,1-9H2;1H. The Labute approximate surface area is 137 Å². The Bertz CT molecular complexity index is 516. The Morgan fingerprint density at radius 2 is 1.82 bits per heavy atom. The number of nitrogens with one attached hydrogen (secondary N) is 1. The number of hydrogen-bond donors (Lipinski definition) is 1. The maximum Gasteiger partial charge on any atom is 0.276 e. The fourth-order valence-corrected chi connectivity index (χ4v) is 4.19. The van der Waals surface area contributed by atoms with Crippen molar-refractivity contribution in [3.05, 3.63) is 11.9 Å². The van der Waals surface area contributed by atoms with E-state index in [-0.39, 0.29) is 18.3 Å². The number of rotatable bonds is 2. The van der Waals surface area contributed by atoms with Gasteiger partial charge in [-0.05, 0) is 50.6 Å². The lowest BCUT2D eigenvalue weighted by atomic mass is 10.0. The minimum absolute atomic E-state index is 0. The number of hydrogen-bond acceptors (Lipinski definition) is 4. The van der Waals surface area contributed by atoms with Gasteiger partial charge in [-0.2, -0.15) is 0 Å². The third kappa shape index (κ3) is 2.86. The number of halogens is 1. The molecule has 0 bridgehead atoms. The largest absolute Gasteiger partial charge is 0.337 e. The van der Waals surface area contributed by atoms with Gasteiger partial charge in [-0.25, -0.2) is 4.68 Å². The van der Waals surface area contributed by atoms with E-state index in [0.29, 0.717) is 11.7 Å². The number of nitrogens with zero attached hydrogens (tertiary/aromatic N) is 4. The van der Waals surface area contributed by atoms with Crippen LogP contribution < -0.4 is 5.32 Å². The summed E-state index contributed by atoms with van der Waals surface area (Å²) in [6.07, 6.45) is 7.89. The Kier molecular flexibility index (Phi) is 4.68. The van der Waals surface area contributed by atoms with Gasteiger partial charge in [0.1, 0.15) is 0 Å². The zero-order valence-electron chi connectivity index (χ0n) is 12.8. The highest BCUT2D eigenvalue weighted by molar-refractivity contribution is 5.92. The molecule has 22 heavy (non-hydrogen) atoms. The second-order valence-electron chi connectivity index (χ2n) is 6.73. The molecule has 0 radical (unpaired) electrons. The van der Waals surface area contributed by atoms with Crippen LogP contribution in [0.5, 0.6) is 0 Å². The van der Waals surface area contributed by atoms with Gasteiger partial charge in [0.2, 0.25) is 0 Å². The predicted octanol–water partition coefficient (Wildman–Crippen LogP) is 1.50. The van der Waals surface area contributed by atoms with Crippen molar-refractivity contribution in [2.45, 2.75) is 38.1 Å². The summed E-state index contributed by atoms with van der Waals surface area (Å²) in [5, 5.41) is 11.7. The molecule has 1 aliphatic carbocycles. The fourth-order valence-electron chi connectivity index (χ4n) is 4.19. The SMILES string of the molecule is Cl.O=C(c1cn(C2CCNCC2)nn1)N1CC2CCCC2C1. The van der Waals surface area contributed by atoms with Gasteiger partial charge >= 0.3 is 0 Å². The minimum atomic E-state index is 0. The lowest BCUT2D eigenvalue weighted by Gasteiger charge is -2.22. The molecule has 1 aromatic heterocycles. The summed E-state index contributed by atoms with van der Waals surface area (Å²) in [4.78, 5) is 14.6. The summed E-state index contributed by atoms with van der Waals surface area (Å²) in [7, 11) is 0. The molecule has 0 spiro atoms. The zero-order chi connectivity index (χ0) is 14.2. The Morgan fingerprint density at radius 1 is 1.14 bits per heavy atom. The van der Waals surface area contributed by atoms with E-state index >= 15 is 0 Å². The molecule has 1 N–H and O–H groups in total. The van der Waals surface area contributed by atoms with Crippen LogP contribution in [0.3, 0.4) is 0 Å². The molecule has 3 fully saturated rings. The Morgan fingerprint density at radius 3 is 2.50 bits per heavy atom. The first-order valence-corrected chi connectivity index (χ1v) is 8.23. The van der Waals surface area contributed by atoms with Crippen molar-refractivity contribution in [2.75, 3.05) is 26.2 Å². The number of fused-ring (bicyclic) bond motifs is 1. The van der Waals surface area contributed by atoms with Crippen LogP contribution in [0.4, 0.5) is 0 Å². The first-order valence-electron chi connectivity index (χ1n) is 8.23. The highest BCUT2D eigenvalue weighted by Crippen LogP contribution is 2.38. The molecule has 7 heteroatoms. The van der Waals surface area contributed by atoms with E-state index in [9.17, 15) is 4.79 Å². The van der Waals surface area contributed by atoms with Gasteiger partial charge in [0.15, 0.2) is 5.69 Å². The van der Waals surface area contributed by atoms with Crippen LogP contribution in [-0.2, 0) is 0 Å². The first kappa shape index (κ1) is 15.7. The van der Waals surface area contributed by atoms with Crippen LogP contribution in [0, 0.1) is 11.8 Å². The molecule has 6 nitrogen and oxygen atoms in total. The number of aromatic nitrogens is 3. The third-order valence-electron chi connectivity index (χ3n) is 5.43. The lowest BCUT2D eigenvalue weighted by molar-refractivity contribution is 0.0774. The summed E-state index contributed by atoms with van der Waals surface area (Å²) in [5.41, 5.74) is 0.522. The molecule has 2 aliphatic heterocycles. The summed E-state index contributed by atoms with van der Waals surface area (Å²) in [6.45, 7) is 3.88. The van der Waals surface area contributed by atoms with Gasteiger partial charge in [0.05, 0.1) is 12.2 Å². The van der Waals surface area contributed by atoms with Gasteiger partial charge in [-0.15, -0.1) is 17.5 Å². The maximum absolute atomic E-state index is 12.6. The van der Waals surface area contributed by atoms with Crippen molar-refractivity contribution in [3.8, 4) is 0 Å². The van der Waals surface area contributed by atoms with E-state index in [1.807, 2.05) is 15.8 Å². The second kappa shape index (κ2) is 6.54. The highest BCUT2D eigenvalue weighted by Gasteiger charge is 2.38. The molecule has 3 heterocycles. The second-order valence-corrected chi connectivity index (χ2v) is 6.73. The van der Waals surface area contributed by atoms with Crippen LogP contribution in [0.2, 0.25) is 0 Å². The summed E-state index contributed by atoms with van der Waals surface area (Å²) in [5.74, 6) is 1.53. The number of carbonyl (C=O) groups is 1. The average Bonchev–Trinajstić information content (AvgIpc) is 3.22. The summed E-state index contributed by atoms with van der Waals surface area (Å²) >= 11 is 0. The van der Waals surface area contributed by atoms with E-state index in [1.54, 1.807) is 0 Å². The predicted molar refractivity (Wildman–Crippen MR) is 85.1 cm³/mol. The van der Waals surface area contributed by atoms with E-state index < -0.39 is 0 Å². The number of amides is 1. The number of likely N-dealkylation sites (tertiary alicyclic amines) is 1. The molecule has 4 rings (SSSR count). The fraction of sp³-hybridized carbons (Fsp3) is 0.800. The zero-order valence-corrected chi connectivity index (χ0v) is 13.6. The van der Waals surface area contributed by atoms with Gasteiger partial charge in [-0.1, -0.05) is 11.6 Å². The molecule has 3 aliphatic rings. The summed E-state index contributed by atoms with van der Waals surface area (Å²) in [6, 6.07) is 0.387. The smallest absolute Gasteiger partial charge is 0.276 e. The molecule has 2 saturated heterocycles. The first-order chi connectivity index (χ1) is 10.3. The van der Waals surface area contributed by atoms with E-state index in [4.69, 9.17) is 0 Å². The van der Waals surface area contributed by atoms with E-state index in [1.165, 1.54) is 19.3 Å². The average molecular weight is 326 g/mol. The minimum Gasteiger partial charge on any atom is -0.337 e. The molecule has 0 aromatic carbocycles. The lowest BCUT2D eigenvalue weighted by Crippen LogP contribution is -2.30.